The number of carbonyl (C=O) groups is 1. The van der Waals surface area contributed by atoms with Gasteiger partial charge in [0.2, 0.25) is 0 Å². The lowest BCUT2D eigenvalue weighted by atomic mass is 10.1. The maximum absolute atomic E-state index is 13.1. The van der Waals surface area contributed by atoms with Crippen molar-refractivity contribution in [3.05, 3.63) is 71.9 Å². The summed E-state index contributed by atoms with van der Waals surface area (Å²) in [5.74, 6) is -0.469. The molecular formula is C20H19NO4S. The molecule has 0 saturated carbocycles. The molecule has 0 saturated heterocycles. The fourth-order valence-electron chi connectivity index (χ4n) is 2.70. The van der Waals surface area contributed by atoms with E-state index in [0.717, 1.165) is 10.9 Å². The van der Waals surface area contributed by atoms with Gasteiger partial charge in [0.1, 0.15) is 0 Å². The van der Waals surface area contributed by atoms with Crippen molar-refractivity contribution in [1.29, 1.82) is 0 Å². The molecule has 0 aliphatic carbocycles. The topological polar surface area (TPSA) is 65.4 Å². The number of rotatable bonds is 5. The smallest absolute Gasteiger partial charge is 0.330 e. The summed E-state index contributed by atoms with van der Waals surface area (Å²) in [6, 6.07) is 13.9. The second-order valence-corrected chi connectivity index (χ2v) is 7.62. The van der Waals surface area contributed by atoms with Gasteiger partial charge in [0.15, 0.2) is 0 Å². The molecule has 0 fully saturated rings. The monoisotopic (exact) mass is 369 g/mol. The number of esters is 1. The van der Waals surface area contributed by atoms with E-state index in [9.17, 15) is 13.2 Å². The van der Waals surface area contributed by atoms with Crippen LogP contribution in [0.4, 0.5) is 0 Å². The summed E-state index contributed by atoms with van der Waals surface area (Å²) in [5.41, 5.74) is 2.13. The normalized spacial score (nSPS) is 11.9. The Hall–Kier alpha value is -2.86. The number of fused-ring (bicyclic) bond motifs is 1. The van der Waals surface area contributed by atoms with Crippen LogP contribution in [0.3, 0.4) is 0 Å². The first-order valence-corrected chi connectivity index (χ1v) is 9.64. The molecule has 3 aromatic rings. The summed E-state index contributed by atoms with van der Waals surface area (Å²) < 4.78 is 32.3. The molecule has 1 aromatic heterocycles. The third kappa shape index (κ3) is 3.41. The molecule has 0 aliphatic heterocycles. The van der Waals surface area contributed by atoms with Crippen LogP contribution < -0.4 is 0 Å². The van der Waals surface area contributed by atoms with Gasteiger partial charge < -0.3 is 4.74 Å². The van der Waals surface area contributed by atoms with Gasteiger partial charge in [-0.25, -0.2) is 17.2 Å². The highest BCUT2D eigenvalue weighted by atomic mass is 32.2. The molecule has 0 aliphatic rings. The van der Waals surface area contributed by atoms with E-state index < -0.39 is 16.0 Å². The van der Waals surface area contributed by atoms with Gasteiger partial charge in [-0.2, -0.15) is 0 Å². The molecule has 6 heteroatoms. The number of nitrogens with zero attached hydrogens (tertiary/aromatic N) is 1. The predicted molar refractivity (Wildman–Crippen MR) is 101 cm³/mol. The number of hydrogen-bond acceptors (Lipinski definition) is 4. The second-order valence-electron chi connectivity index (χ2n) is 5.80. The number of carbonyl (C=O) groups excluding carboxylic acids is 1. The van der Waals surface area contributed by atoms with Gasteiger partial charge >= 0.3 is 5.97 Å². The van der Waals surface area contributed by atoms with E-state index in [1.165, 1.54) is 16.2 Å². The van der Waals surface area contributed by atoms with E-state index in [1.54, 1.807) is 49.4 Å². The quantitative estimate of drug-likeness (QED) is 0.507. The molecule has 0 spiro atoms. The van der Waals surface area contributed by atoms with Crippen molar-refractivity contribution in [3.8, 4) is 0 Å². The number of aromatic nitrogens is 1. The van der Waals surface area contributed by atoms with E-state index in [0.29, 0.717) is 11.1 Å². The largest absolute Gasteiger partial charge is 0.463 e. The number of aryl methyl sites for hydroxylation is 1. The van der Waals surface area contributed by atoms with Gasteiger partial charge in [0.25, 0.3) is 10.0 Å². The molecule has 0 amide bonds. The molecule has 2 aromatic carbocycles. The molecule has 3 rings (SSSR count). The van der Waals surface area contributed by atoms with Crippen LogP contribution in [0.5, 0.6) is 0 Å². The Balaban J connectivity index is 2.13. The number of hydrogen-bond donors (Lipinski definition) is 0. The standard InChI is InChI=1S/C20H19NO4S/c1-3-25-19(22)12-9-16-5-4-6-17-13-14-21(20(16)17)26(23,24)18-10-7-15(2)8-11-18/h4-14H,3H2,1-2H3/b12-9+. The minimum atomic E-state index is -3.74. The Labute approximate surface area is 152 Å². The third-order valence-electron chi connectivity index (χ3n) is 3.97. The average Bonchev–Trinajstić information content (AvgIpc) is 3.06. The lowest BCUT2D eigenvalue weighted by Gasteiger charge is -2.10. The number of para-hydroxylation sites is 1. The fraction of sp³-hybridized carbons (Fsp3) is 0.150. The number of ether oxygens (including phenoxy) is 1. The van der Waals surface area contributed by atoms with E-state index in [-0.39, 0.29) is 11.5 Å². The average molecular weight is 369 g/mol. The Morgan fingerprint density at radius 2 is 1.85 bits per heavy atom. The molecule has 5 nitrogen and oxygen atoms in total. The lowest BCUT2D eigenvalue weighted by Crippen LogP contribution is -2.12. The highest BCUT2D eigenvalue weighted by molar-refractivity contribution is 7.90. The Morgan fingerprint density at radius 1 is 1.12 bits per heavy atom. The molecule has 0 N–H and O–H groups in total. The van der Waals surface area contributed by atoms with Gasteiger partial charge in [-0.1, -0.05) is 35.9 Å². The Kier molecular flexibility index (Phi) is 4.95. The van der Waals surface area contributed by atoms with E-state index in [4.69, 9.17) is 4.74 Å². The highest BCUT2D eigenvalue weighted by Gasteiger charge is 2.19. The van der Waals surface area contributed by atoms with Crippen LogP contribution in [0.2, 0.25) is 0 Å². The summed E-state index contributed by atoms with van der Waals surface area (Å²) in [5, 5.41) is 0.770. The first kappa shape index (κ1) is 17.9. The molecule has 134 valence electrons. The van der Waals surface area contributed by atoms with Crippen LogP contribution in [-0.2, 0) is 19.6 Å². The predicted octanol–water partition coefficient (Wildman–Crippen LogP) is 3.76. The van der Waals surface area contributed by atoms with Gasteiger partial charge in [-0.05, 0) is 38.1 Å². The fourth-order valence-corrected chi connectivity index (χ4v) is 4.08. The zero-order chi connectivity index (χ0) is 18.7. The summed E-state index contributed by atoms with van der Waals surface area (Å²) in [4.78, 5) is 11.8. The Bertz CT molecular complexity index is 1080. The second kappa shape index (κ2) is 7.17. The Morgan fingerprint density at radius 3 is 2.54 bits per heavy atom. The van der Waals surface area contributed by atoms with Crippen LogP contribution in [0.15, 0.2) is 65.7 Å². The SMILES string of the molecule is CCOC(=O)/C=C/c1cccc2ccn(S(=O)(=O)c3ccc(C)cc3)c12. The van der Waals surface area contributed by atoms with Gasteiger partial charge in [0, 0.05) is 23.2 Å². The lowest BCUT2D eigenvalue weighted by molar-refractivity contribution is -0.137. The summed E-state index contributed by atoms with van der Waals surface area (Å²) in [7, 11) is -3.74. The molecule has 0 radical (unpaired) electrons. The molecule has 0 unspecified atom stereocenters. The van der Waals surface area contributed by atoms with Crippen LogP contribution >= 0.6 is 0 Å². The molecule has 0 atom stereocenters. The van der Waals surface area contributed by atoms with Crippen molar-refractivity contribution in [2.75, 3.05) is 6.61 Å². The van der Waals surface area contributed by atoms with Crippen LogP contribution in [0.1, 0.15) is 18.1 Å². The first-order chi connectivity index (χ1) is 12.4. The maximum atomic E-state index is 13.1. The van der Waals surface area contributed by atoms with Crippen LogP contribution in [0, 0.1) is 6.92 Å². The molecule has 0 bridgehead atoms. The highest BCUT2D eigenvalue weighted by Crippen LogP contribution is 2.26. The molecular weight excluding hydrogens is 350 g/mol. The third-order valence-corrected chi connectivity index (χ3v) is 5.66. The minimum absolute atomic E-state index is 0.213. The van der Waals surface area contributed by atoms with Gasteiger partial charge in [-0.3, -0.25) is 0 Å². The summed E-state index contributed by atoms with van der Waals surface area (Å²) in [6.45, 7) is 3.91. The van der Waals surface area contributed by atoms with Crippen molar-refractivity contribution in [3.63, 3.8) is 0 Å². The molecule has 26 heavy (non-hydrogen) atoms. The van der Waals surface area contributed by atoms with Gasteiger partial charge in [0.05, 0.1) is 17.0 Å². The van der Waals surface area contributed by atoms with Crippen molar-refractivity contribution in [2.24, 2.45) is 0 Å². The zero-order valence-corrected chi connectivity index (χ0v) is 15.4. The van der Waals surface area contributed by atoms with E-state index in [1.807, 2.05) is 19.1 Å². The van der Waals surface area contributed by atoms with Gasteiger partial charge in [-0.15, -0.1) is 0 Å². The zero-order valence-electron chi connectivity index (χ0n) is 14.5. The van der Waals surface area contributed by atoms with E-state index >= 15 is 0 Å². The summed E-state index contributed by atoms with van der Waals surface area (Å²) >= 11 is 0. The van der Waals surface area contributed by atoms with Crippen molar-refractivity contribution in [1.82, 2.24) is 3.97 Å². The van der Waals surface area contributed by atoms with Crippen LogP contribution in [0.25, 0.3) is 17.0 Å². The van der Waals surface area contributed by atoms with Crippen LogP contribution in [-0.4, -0.2) is 25.0 Å². The van der Waals surface area contributed by atoms with Crippen molar-refractivity contribution >= 4 is 33.0 Å². The number of benzene rings is 2. The van der Waals surface area contributed by atoms with Crippen molar-refractivity contribution in [2.45, 2.75) is 18.7 Å². The molecule has 1 heterocycles. The first-order valence-electron chi connectivity index (χ1n) is 8.20. The minimum Gasteiger partial charge on any atom is -0.463 e. The summed E-state index contributed by atoms with van der Waals surface area (Å²) in [6.07, 6.45) is 4.40. The maximum Gasteiger partial charge on any atom is 0.330 e. The van der Waals surface area contributed by atoms with Crippen molar-refractivity contribution < 1.29 is 17.9 Å². The van der Waals surface area contributed by atoms with E-state index in [2.05, 4.69) is 0 Å².